The van der Waals surface area contributed by atoms with Crippen LogP contribution in [-0.2, 0) is 17.9 Å². The summed E-state index contributed by atoms with van der Waals surface area (Å²) < 4.78 is 7.72. The van der Waals surface area contributed by atoms with E-state index < -0.39 is 0 Å². The van der Waals surface area contributed by atoms with Crippen molar-refractivity contribution in [1.82, 2.24) is 19.4 Å². The molecular formula is C34H46N4O2. The second-order valence-electron chi connectivity index (χ2n) is 12.3. The van der Waals surface area contributed by atoms with Gasteiger partial charge in [0.25, 0.3) is 0 Å². The van der Waals surface area contributed by atoms with Gasteiger partial charge in [-0.1, -0.05) is 62.8 Å². The van der Waals surface area contributed by atoms with Crippen LogP contribution in [0.1, 0.15) is 88.4 Å². The van der Waals surface area contributed by atoms with E-state index in [1.54, 1.807) is 7.11 Å². The van der Waals surface area contributed by atoms with Gasteiger partial charge in [-0.3, -0.25) is 9.69 Å². The summed E-state index contributed by atoms with van der Waals surface area (Å²) in [7, 11) is 1.71. The van der Waals surface area contributed by atoms with Gasteiger partial charge in [0.1, 0.15) is 11.6 Å². The second kappa shape index (κ2) is 12.8. The Hall–Kier alpha value is -2.86. The molecule has 2 aliphatic carbocycles. The molecule has 0 radical (unpaired) electrons. The van der Waals surface area contributed by atoms with Crippen molar-refractivity contribution >= 4 is 16.9 Å². The molecule has 6 nitrogen and oxygen atoms in total. The zero-order valence-electron chi connectivity index (χ0n) is 24.3. The molecule has 1 amide bonds. The van der Waals surface area contributed by atoms with Crippen molar-refractivity contribution in [3.05, 3.63) is 59.9 Å². The van der Waals surface area contributed by atoms with Crippen molar-refractivity contribution in [2.45, 2.75) is 102 Å². The molecule has 0 bridgehead atoms. The maximum atomic E-state index is 14.1. The molecule has 1 saturated heterocycles. The number of piperidine rings is 1. The van der Waals surface area contributed by atoms with Gasteiger partial charge in [-0.05, 0) is 81.4 Å². The Bertz CT molecular complexity index is 1230. The second-order valence-corrected chi connectivity index (χ2v) is 12.3. The summed E-state index contributed by atoms with van der Waals surface area (Å²) in [5.41, 5.74) is 3.46. The minimum atomic E-state index is 0.179. The highest BCUT2D eigenvalue weighted by molar-refractivity contribution is 5.80. The zero-order valence-corrected chi connectivity index (χ0v) is 24.3. The van der Waals surface area contributed by atoms with Gasteiger partial charge in [-0.25, -0.2) is 4.98 Å². The molecular weight excluding hydrogens is 496 g/mol. The van der Waals surface area contributed by atoms with Crippen molar-refractivity contribution in [1.29, 1.82) is 0 Å². The van der Waals surface area contributed by atoms with Crippen molar-refractivity contribution in [3.8, 4) is 5.75 Å². The number of rotatable bonds is 8. The molecule has 40 heavy (non-hydrogen) atoms. The number of carbonyl (C=O) groups excluding carboxylic acids is 1. The Morgan fingerprint density at radius 2 is 1.45 bits per heavy atom. The number of amides is 1. The van der Waals surface area contributed by atoms with Crippen molar-refractivity contribution < 1.29 is 9.53 Å². The van der Waals surface area contributed by atoms with Crippen molar-refractivity contribution in [2.24, 2.45) is 5.92 Å². The predicted molar refractivity (Wildman–Crippen MR) is 160 cm³/mol. The number of ether oxygens (including phenoxy) is 1. The van der Waals surface area contributed by atoms with Crippen LogP contribution >= 0.6 is 0 Å². The summed E-state index contributed by atoms with van der Waals surface area (Å²) in [6.45, 7) is 3.53. The van der Waals surface area contributed by atoms with Crippen LogP contribution in [0.3, 0.4) is 0 Å². The lowest BCUT2D eigenvalue weighted by Gasteiger charge is -2.44. The van der Waals surface area contributed by atoms with E-state index >= 15 is 0 Å². The van der Waals surface area contributed by atoms with Gasteiger partial charge in [0, 0.05) is 24.5 Å². The monoisotopic (exact) mass is 542 g/mol. The third kappa shape index (κ3) is 6.07. The topological polar surface area (TPSA) is 50.6 Å². The summed E-state index contributed by atoms with van der Waals surface area (Å²) in [5, 5.41) is 0. The van der Waals surface area contributed by atoms with Gasteiger partial charge < -0.3 is 14.2 Å². The highest BCUT2D eigenvalue weighted by Gasteiger charge is 2.37. The third-order valence-electron chi connectivity index (χ3n) is 9.73. The van der Waals surface area contributed by atoms with Crippen molar-refractivity contribution in [3.63, 3.8) is 0 Å². The zero-order chi connectivity index (χ0) is 27.3. The lowest BCUT2D eigenvalue weighted by Crippen LogP contribution is -2.52. The first-order valence-corrected chi connectivity index (χ1v) is 15.8. The molecule has 6 heteroatoms. The molecule has 0 N–H and O–H groups in total. The minimum Gasteiger partial charge on any atom is -0.497 e. The first kappa shape index (κ1) is 27.3. The van der Waals surface area contributed by atoms with Crippen LogP contribution in [0.5, 0.6) is 5.75 Å². The number of likely N-dealkylation sites (tertiary alicyclic amines) is 1. The number of hydrogen-bond acceptors (Lipinski definition) is 4. The van der Waals surface area contributed by atoms with Crippen LogP contribution in [0.25, 0.3) is 11.0 Å². The summed E-state index contributed by atoms with van der Waals surface area (Å²) in [6, 6.07) is 17.8. The number of nitrogens with zero attached hydrogens (tertiary/aromatic N) is 4. The molecule has 2 heterocycles. The highest BCUT2D eigenvalue weighted by atomic mass is 16.5. The maximum absolute atomic E-state index is 14.1. The van der Waals surface area contributed by atoms with Crippen LogP contribution in [-0.4, -0.2) is 57.5 Å². The Morgan fingerprint density at radius 1 is 0.825 bits per heavy atom. The minimum absolute atomic E-state index is 0.179. The van der Waals surface area contributed by atoms with Gasteiger partial charge >= 0.3 is 0 Å². The van der Waals surface area contributed by atoms with E-state index in [9.17, 15) is 4.79 Å². The molecule has 3 aliphatic rings. The average Bonchev–Trinajstić information content (AvgIpc) is 3.35. The number of para-hydroxylation sites is 2. The van der Waals surface area contributed by atoms with E-state index in [1.807, 2.05) is 12.1 Å². The molecule has 0 atom stereocenters. The van der Waals surface area contributed by atoms with E-state index in [0.717, 1.165) is 56.1 Å². The number of imidazole rings is 1. The quantitative estimate of drug-likeness (QED) is 0.314. The van der Waals surface area contributed by atoms with Crippen LogP contribution in [0.2, 0.25) is 0 Å². The summed E-state index contributed by atoms with van der Waals surface area (Å²) >= 11 is 0. The van der Waals surface area contributed by atoms with E-state index in [0.29, 0.717) is 18.0 Å². The lowest BCUT2D eigenvalue weighted by atomic mass is 9.86. The molecule has 2 aromatic carbocycles. The van der Waals surface area contributed by atoms with E-state index in [4.69, 9.17) is 9.72 Å². The number of carbonyl (C=O) groups is 1. The summed E-state index contributed by atoms with van der Waals surface area (Å²) in [5.74, 6) is 2.64. The Morgan fingerprint density at radius 3 is 2.08 bits per heavy atom. The molecule has 214 valence electrons. The van der Waals surface area contributed by atoms with E-state index in [2.05, 4.69) is 50.8 Å². The third-order valence-corrected chi connectivity index (χ3v) is 9.73. The molecule has 1 aromatic heterocycles. The number of benzene rings is 2. The van der Waals surface area contributed by atoms with Gasteiger partial charge in [-0.2, -0.15) is 0 Å². The largest absolute Gasteiger partial charge is 0.497 e. The molecule has 3 aromatic rings. The number of methoxy groups -OCH3 is 1. The summed E-state index contributed by atoms with van der Waals surface area (Å²) in [4.78, 5) is 24.1. The van der Waals surface area contributed by atoms with Gasteiger partial charge in [0.15, 0.2) is 0 Å². The molecule has 3 fully saturated rings. The van der Waals surface area contributed by atoms with Gasteiger partial charge in [0.2, 0.25) is 5.91 Å². The molecule has 6 rings (SSSR count). The van der Waals surface area contributed by atoms with Crippen LogP contribution in [0, 0.1) is 5.92 Å². The first-order chi connectivity index (χ1) is 19.7. The highest BCUT2D eigenvalue weighted by Crippen LogP contribution is 2.33. The fourth-order valence-electron chi connectivity index (χ4n) is 7.46. The van der Waals surface area contributed by atoms with Gasteiger partial charge in [-0.15, -0.1) is 0 Å². The Kier molecular flexibility index (Phi) is 8.71. The molecule has 0 unspecified atom stereocenters. The van der Waals surface area contributed by atoms with Crippen molar-refractivity contribution in [2.75, 3.05) is 20.2 Å². The van der Waals surface area contributed by atoms with E-state index in [1.165, 1.54) is 75.3 Å². The van der Waals surface area contributed by atoms with Crippen LogP contribution < -0.4 is 4.74 Å². The lowest BCUT2D eigenvalue weighted by molar-refractivity contribution is -0.144. The van der Waals surface area contributed by atoms with Gasteiger partial charge in [0.05, 0.1) is 24.7 Å². The number of aromatic nitrogens is 2. The number of hydrogen-bond donors (Lipinski definition) is 0. The average molecular weight is 543 g/mol. The summed E-state index contributed by atoms with van der Waals surface area (Å²) in [6.07, 6.45) is 14.6. The Labute approximate surface area is 239 Å². The first-order valence-electron chi connectivity index (χ1n) is 15.8. The smallest absolute Gasteiger partial charge is 0.226 e. The number of fused-ring (bicyclic) bond motifs is 1. The molecule has 2 saturated carbocycles. The van der Waals surface area contributed by atoms with Crippen LogP contribution in [0.15, 0.2) is 48.5 Å². The Balaban J connectivity index is 1.13. The van der Waals surface area contributed by atoms with Crippen LogP contribution in [0.4, 0.5) is 0 Å². The predicted octanol–water partition coefficient (Wildman–Crippen LogP) is 6.80. The maximum Gasteiger partial charge on any atom is 0.226 e. The fraction of sp³-hybridized carbons (Fsp3) is 0.588. The van der Waals surface area contributed by atoms with E-state index in [-0.39, 0.29) is 5.92 Å². The fourth-order valence-corrected chi connectivity index (χ4v) is 7.46. The SMILES string of the molecule is COc1ccc(Cn2c(CN3CCC(C(=O)N(C4CCCCC4)C4CCCCC4)CC3)nc3ccccc32)cc1. The standard InChI is InChI=1S/C34H46N4O2/c1-40-30-18-16-26(17-19-30)24-37-32-15-9-8-14-31(32)35-33(37)25-36-22-20-27(21-23-36)34(39)38(28-10-4-2-5-11-28)29-12-6-3-7-13-29/h8-9,14-19,27-29H,2-7,10-13,20-25H2,1H3. The normalized spacial score (nSPS) is 20.1. The molecule has 0 spiro atoms. The molecule has 1 aliphatic heterocycles.